The molecule has 106 valence electrons. The summed E-state index contributed by atoms with van der Waals surface area (Å²) < 4.78 is 4.52. The highest BCUT2D eigenvalue weighted by molar-refractivity contribution is 5.84. The number of nitrogens with zero attached hydrogens (tertiary/aromatic N) is 1. The van der Waals surface area contributed by atoms with Crippen molar-refractivity contribution >= 4 is 17.5 Å². The van der Waals surface area contributed by atoms with E-state index in [1.54, 1.807) is 24.3 Å². The highest BCUT2D eigenvalue weighted by atomic mass is 16.5. The van der Waals surface area contributed by atoms with Crippen LogP contribution in [0.5, 0.6) is 0 Å². The number of benzene rings is 2. The van der Waals surface area contributed by atoms with Crippen molar-refractivity contribution in [1.29, 1.82) is 5.26 Å². The van der Waals surface area contributed by atoms with Crippen LogP contribution in [0.2, 0.25) is 0 Å². The van der Waals surface area contributed by atoms with Crippen molar-refractivity contribution in [3.05, 3.63) is 59.7 Å². The molecule has 1 amide bonds. The monoisotopic (exact) mass is 281 g/mol. The van der Waals surface area contributed by atoms with Gasteiger partial charge >= 0.3 is 6.09 Å². The summed E-state index contributed by atoms with van der Waals surface area (Å²) >= 11 is 0. The Morgan fingerprint density at radius 2 is 1.71 bits per heavy atom. The Morgan fingerprint density at radius 1 is 1.10 bits per heavy atom. The molecule has 0 saturated carbocycles. The zero-order chi connectivity index (χ0) is 15.1. The predicted molar refractivity (Wildman–Crippen MR) is 81.0 cm³/mol. The van der Waals surface area contributed by atoms with Crippen molar-refractivity contribution in [2.45, 2.75) is 6.54 Å². The number of hydrogen-bond donors (Lipinski definition) is 2. The van der Waals surface area contributed by atoms with Gasteiger partial charge in [-0.3, -0.25) is 5.32 Å². The van der Waals surface area contributed by atoms with E-state index in [9.17, 15) is 4.79 Å². The number of ether oxygens (including phenoxy) is 1. The fourth-order valence-electron chi connectivity index (χ4n) is 1.74. The lowest BCUT2D eigenvalue weighted by Gasteiger charge is -2.08. The lowest BCUT2D eigenvalue weighted by atomic mass is 10.1. The fourth-order valence-corrected chi connectivity index (χ4v) is 1.74. The van der Waals surface area contributed by atoms with Gasteiger partial charge in [0.05, 0.1) is 18.7 Å². The van der Waals surface area contributed by atoms with Gasteiger partial charge in [0, 0.05) is 17.9 Å². The number of nitriles is 1. The molecule has 2 aromatic rings. The SMILES string of the molecule is COC(=O)Nc1ccc(NCc2ccc(C#N)cc2)cc1. The van der Waals surface area contributed by atoms with Crippen LogP contribution in [0.25, 0.3) is 0 Å². The summed E-state index contributed by atoms with van der Waals surface area (Å²) in [6.45, 7) is 0.662. The molecule has 2 aromatic carbocycles. The summed E-state index contributed by atoms with van der Waals surface area (Å²) in [5, 5.41) is 14.6. The molecule has 0 aliphatic carbocycles. The van der Waals surface area contributed by atoms with Gasteiger partial charge in [0.2, 0.25) is 0 Å². The van der Waals surface area contributed by atoms with Crippen LogP contribution in [0.4, 0.5) is 16.2 Å². The third-order valence-electron chi connectivity index (χ3n) is 2.90. The van der Waals surface area contributed by atoms with Gasteiger partial charge in [0.25, 0.3) is 0 Å². The summed E-state index contributed by atoms with van der Waals surface area (Å²) in [5.74, 6) is 0. The van der Waals surface area contributed by atoms with E-state index in [0.717, 1.165) is 11.3 Å². The quantitative estimate of drug-likeness (QED) is 0.901. The van der Waals surface area contributed by atoms with E-state index in [-0.39, 0.29) is 0 Å². The van der Waals surface area contributed by atoms with Crippen LogP contribution in [0.3, 0.4) is 0 Å². The van der Waals surface area contributed by atoms with Crippen LogP contribution in [0.1, 0.15) is 11.1 Å². The first-order valence-corrected chi connectivity index (χ1v) is 6.39. The smallest absolute Gasteiger partial charge is 0.411 e. The molecule has 2 N–H and O–H groups in total. The summed E-state index contributed by atoms with van der Waals surface area (Å²) in [5.41, 5.74) is 3.35. The van der Waals surface area contributed by atoms with Gasteiger partial charge in [-0.05, 0) is 42.0 Å². The number of hydrogen-bond acceptors (Lipinski definition) is 4. The second-order valence-corrected chi connectivity index (χ2v) is 4.36. The van der Waals surface area contributed by atoms with Gasteiger partial charge in [0.15, 0.2) is 0 Å². The van der Waals surface area contributed by atoms with Crippen LogP contribution in [0.15, 0.2) is 48.5 Å². The van der Waals surface area contributed by atoms with Gasteiger partial charge in [-0.1, -0.05) is 12.1 Å². The second kappa shape index (κ2) is 6.96. The number of methoxy groups -OCH3 is 1. The molecule has 0 spiro atoms. The fraction of sp³-hybridized carbons (Fsp3) is 0.125. The minimum absolute atomic E-state index is 0.492. The lowest BCUT2D eigenvalue weighted by Crippen LogP contribution is -2.10. The maximum atomic E-state index is 11.1. The molecule has 0 aromatic heterocycles. The van der Waals surface area contributed by atoms with E-state index in [2.05, 4.69) is 21.4 Å². The Hall–Kier alpha value is -3.00. The van der Waals surface area contributed by atoms with Crippen LogP contribution in [0, 0.1) is 11.3 Å². The van der Waals surface area contributed by atoms with Crippen LogP contribution in [-0.4, -0.2) is 13.2 Å². The van der Waals surface area contributed by atoms with E-state index in [0.29, 0.717) is 17.8 Å². The van der Waals surface area contributed by atoms with Gasteiger partial charge in [0.1, 0.15) is 0 Å². The molecule has 0 radical (unpaired) electrons. The molecule has 0 unspecified atom stereocenters. The Bertz CT molecular complexity index is 643. The first-order valence-electron chi connectivity index (χ1n) is 6.39. The van der Waals surface area contributed by atoms with Gasteiger partial charge < -0.3 is 10.1 Å². The molecule has 0 aliphatic heterocycles. The number of carbonyl (C=O) groups is 1. The summed E-state index contributed by atoms with van der Waals surface area (Å²) in [4.78, 5) is 11.1. The lowest BCUT2D eigenvalue weighted by molar-refractivity contribution is 0.187. The van der Waals surface area contributed by atoms with Crippen LogP contribution < -0.4 is 10.6 Å². The summed E-state index contributed by atoms with van der Waals surface area (Å²) in [6.07, 6.45) is -0.492. The summed E-state index contributed by atoms with van der Waals surface area (Å²) in [6, 6.07) is 16.8. The molecule has 0 heterocycles. The highest BCUT2D eigenvalue weighted by Gasteiger charge is 2.00. The number of carbonyl (C=O) groups excluding carboxylic acids is 1. The predicted octanol–water partition coefficient (Wildman–Crippen LogP) is 3.35. The van der Waals surface area contributed by atoms with E-state index >= 15 is 0 Å². The minimum Gasteiger partial charge on any atom is -0.453 e. The number of nitrogens with one attached hydrogen (secondary N) is 2. The van der Waals surface area contributed by atoms with Crippen molar-refractivity contribution in [3.63, 3.8) is 0 Å². The van der Waals surface area contributed by atoms with Crippen LogP contribution >= 0.6 is 0 Å². The van der Waals surface area contributed by atoms with E-state index in [4.69, 9.17) is 5.26 Å². The van der Waals surface area contributed by atoms with E-state index in [1.165, 1.54) is 7.11 Å². The van der Waals surface area contributed by atoms with Gasteiger partial charge in [-0.15, -0.1) is 0 Å². The normalized spacial score (nSPS) is 9.52. The first-order chi connectivity index (χ1) is 10.2. The molecule has 21 heavy (non-hydrogen) atoms. The molecule has 2 rings (SSSR count). The Kier molecular flexibility index (Phi) is 4.78. The average molecular weight is 281 g/mol. The van der Waals surface area contributed by atoms with Crippen LogP contribution in [-0.2, 0) is 11.3 Å². The molecule has 0 aliphatic rings. The molecule has 0 atom stereocenters. The molecule has 0 saturated heterocycles. The second-order valence-electron chi connectivity index (χ2n) is 4.36. The third-order valence-corrected chi connectivity index (χ3v) is 2.90. The summed E-state index contributed by atoms with van der Waals surface area (Å²) in [7, 11) is 1.32. The number of anilines is 2. The standard InChI is InChI=1S/C16H15N3O2/c1-21-16(20)19-15-8-6-14(7-9-15)18-11-13-4-2-12(10-17)3-5-13/h2-9,18H,11H2,1H3,(H,19,20). The van der Waals surface area contributed by atoms with E-state index in [1.807, 2.05) is 24.3 Å². The highest BCUT2D eigenvalue weighted by Crippen LogP contribution is 2.15. The molecule has 0 fully saturated rings. The Labute approximate surface area is 123 Å². The van der Waals surface area contributed by atoms with Crippen molar-refractivity contribution < 1.29 is 9.53 Å². The van der Waals surface area contributed by atoms with Crippen molar-refractivity contribution in [2.75, 3.05) is 17.7 Å². The zero-order valence-corrected chi connectivity index (χ0v) is 11.6. The van der Waals surface area contributed by atoms with Crippen molar-refractivity contribution in [2.24, 2.45) is 0 Å². The first kappa shape index (κ1) is 14.4. The molecule has 5 heteroatoms. The van der Waals surface area contributed by atoms with Crippen molar-refractivity contribution in [1.82, 2.24) is 0 Å². The largest absolute Gasteiger partial charge is 0.453 e. The molecule has 5 nitrogen and oxygen atoms in total. The maximum absolute atomic E-state index is 11.1. The van der Waals surface area contributed by atoms with Gasteiger partial charge in [-0.25, -0.2) is 4.79 Å². The average Bonchev–Trinajstić information content (AvgIpc) is 2.54. The maximum Gasteiger partial charge on any atom is 0.411 e. The topological polar surface area (TPSA) is 74.2 Å². The number of rotatable bonds is 4. The Balaban J connectivity index is 1.91. The van der Waals surface area contributed by atoms with E-state index < -0.39 is 6.09 Å². The molecular weight excluding hydrogens is 266 g/mol. The van der Waals surface area contributed by atoms with Crippen molar-refractivity contribution in [3.8, 4) is 6.07 Å². The minimum atomic E-state index is -0.492. The zero-order valence-electron chi connectivity index (χ0n) is 11.6. The van der Waals surface area contributed by atoms with Gasteiger partial charge in [-0.2, -0.15) is 5.26 Å². The molecular formula is C16H15N3O2. The number of amides is 1. The Morgan fingerprint density at radius 3 is 2.29 bits per heavy atom. The third kappa shape index (κ3) is 4.25. The molecule has 0 bridgehead atoms.